The number of aliphatic hydroxyl groups excluding tert-OH is 1. The van der Waals surface area contributed by atoms with Crippen molar-refractivity contribution in [3.8, 4) is 0 Å². The summed E-state index contributed by atoms with van der Waals surface area (Å²) in [6.45, 7) is 18.0. The summed E-state index contributed by atoms with van der Waals surface area (Å²) in [5.74, 6) is -1.87. The number of β-lactam (4-membered cyclic amide) rings is 1. The molecule has 1 N–H and O–H groups in total. The molecule has 1 fully saturated rings. The third-order valence-corrected chi connectivity index (χ3v) is 12.1. The minimum atomic E-state index is -2.11. The van der Waals surface area contributed by atoms with Crippen LogP contribution < -0.4 is 0 Å². The van der Waals surface area contributed by atoms with Crippen LogP contribution in [0.4, 0.5) is 0 Å². The average Bonchev–Trinajstić information content (AvgIpc) is 2.61. The topological polar surface area (TPSA) is 76.1 Å². The summed E-state index contributed by atoms with van der Waals surface area (Å²) >= 11 is 6.89. The predicted octanol–water partition coefficient (Wildman–Crippen LogP) is 3.60. The number of aliphatic hydroxyl groups is 1. The molecule has 0 radical (unpaired) electrons. The average molecular weight is 462 g/mol. The minimum Gasteiger partial charge on any atom is -0.458 e. The number of nitrogens with zero attached hydrogens (tertiary/aromatic N) is 1. The van der Waals surface area contributed by atoms with Gasteiger partial charge in [0.25, 0.3) is 0 Å². The Kier molecular flexibility index (Phi) is 9.11. The number of rotatable bonds is 9. The molecule has 0 saturated carbocycles. The van der Waals surface area contributed by atoms with Crippen LogP contribution in [0.2, 0.25) is 18.1 Å². The number of carbonyl (C=O) groups excluding carboxylic acids is 2. The van der Waals surface area contributed by atoms with Crippen molar-refractivity contribution in [2.24, 2.45) is 11.8 Å². The van der Waals surface area contributed by atoms with E-state index in [1.165, 1.54) is 22.7 Å². The van der Waals surface area contributed by atoms with E-state index in [0.717, 1.165) is 0 Å². The fourth-order valence-electron chi connectivity index (χ4n) is 3.24. The van der Waals surface area contributed by atoms with E-state index in [9.17, 15) is 14.7 Å². The van der Waals surface area contributed by atoms with Gasteiger partial charge in [0.05, 0.1) is 22.3 Å². The third kappa shape index (κ3) is 5.69. The van der Waals surface area contributed by atoms with E-state index in [1.54, 1.807) is 0 Å². The largest absolute Gasteiger partial charge is 0.458 e. The lowest BCUT2D eigenvalue weighted by Crippen LogP contribution is -2.72. The van der Waals surface area contributed by atoms with E-state index in [-0.39, 0.29) is 29.6 Å². The van der Waals surface area contributed by atoms with Gasteiger partial charge in [0.15, 0.2) is 8.32 Å². The van der Waals surface area contributed by atoms with E-state index >= 15 is 0 Å². The number of thiocarbonyl (C=S) groups is 1. The van der Waals surface area contributed by atoms with Crippen molar-refractivity contribution in [3.05, 3.63) is 12.7 Å². The summed E-state index contributed by atoms with van der Waals surface area (Å²) in [4.78, 5) is 26.3. The molecule has 1 aliphatic rings. The summed E-state index contributed by atoms with van der Waals surface area (Å²) in [5.41, 5.74) is 0. The van der Waals surface area contributed by atoms with E-state index < -0.39 is 32.5 Å². The Bertz CT molecular complexity index is 649. The zero-order valence-electron chi connectivity index (χ0n) is 18.7. The summed E-state index contributed by atoms with van der Waals surface area (Å²) in [5, 5.41) is 10.5. The number of hydrogen-bond acceptors (Lipinski definition) is 7. The molecular weight excluding hydrogens is 426 g/mol. The Morgan fingerprint density at radius 1 is 1.41 bits per heavy atom. The molecule has 9 heteroatoms. The number of thioether (sulfide) groups is 1. The monoisotopic (exact) mass is 461 g/mol. The second-order valence-corrected chi connectivity index (χ2v) is 15.3. The van der Waals surface area contributed by atoms with Gasteiger partial charge in [-0.15, -0.1) is 11.8 Å². The van der Waals surface area contributed by atoms with Crippen molar-refractivity contribution >= 4 is 48.4 Å². The van der Waals surface area contributed by atoms with Gasteiger partial charge in [-0.3, -0.25) is 4.79 Å². The van der Waals surface area contributed by atoms with Crippen molar-refractivity contribution in [1.82, 2.24) is 4.90 Å². The Hall–Kier alpha value is -0.743. The molecule has 1 aliphatic heterocycles. The highest BCUT2D eigenvalue weighted by Gasteiger charge is 2.58. The molecule has 6 nitrogen and oxygen atoms in total. The lowest BCUT2D eigenvalue weighted by molar-refractivity contribution is -0.198. The van der Waals surface area contributed by atoms with E-state index in [2.05, 4.69) is 40.4 Å². The fraction of sp³-hybridized carbons (Fsp3) is 0.750. The van der Waals surface area contributed by atoms with Gasteiger partial charge in [-0.05, 0) is 31.3 Å². The quantitative estimate of drug-likeness (QED) is 0.185. The van der Waals surface area contributed by atoms with Crippen molar-refractivity contribution < 1.29 is 23.9 Å². The van der Waals surface area contributed by atoms with Crippen LogP contribution in [0.3, 0.4) is 0 Å². The first-order chi connectivity index (χ1) is 13.2. The van der Waals surface area contributed by atoms with Crippen LogP contribution in [0, 0.1) is 11.8 Å². The van der Waals surface area contributed by atoms with E-state index in [1.807, 2.05) is 20.1 Å². The van der Waals surface area contributed by atoms with E-state index in [4.69, 9.17) is 21.4 Å². The highest BCUT2D eigenvalue weighted by atomic mass is 32.2. The zero-order chi connectivity index (χ0) is 22.7. The highest BCUT2D eigenvalue weighted by molar-refractivity contribution is 8.22. The Morgan fingerprint density at radius 3 is 2.41 bits per heavy atom. The summed E-state index contributed by atoms with van der Waals surface area (Å²) in [7, 11) is -2.11. The lowest BCUT2D eigenvalue weighted by atomic mass is 9.77. The Balaban J connectivity index is 3.14. The van der Waals surface area contributed by atoms with Crippen molar-refractivity contribution in [2.45, 2.75) is 71.1 Å². The summed E-state index contributed by atoms with van der Waals surface area (Å²) in [6.07, 6.45) is 1.26. The Morgan fingerprint density at radius 2 is 1.97 bits per heavy atom. The zero-order valence-corrected chi connectivity index (χ0v) is 21.4. The molecule has 0 spiro atoms. The maximum atomic E-state index is 13.0. The second-order valence-electron chi connectivity index (χ2n) is 8.95. The van der Waals surface area contributed by atoms with Crippen molar-refractivity contribution in [2.75, 3.05) is 12.9 Å². The van der Waals surface area contributed by atoms with Crippen LogP contribution in [0.1, 0.15) is 34.6 Å². The van der Waals surface area contributed by atoms with Gasteiger partial charge < -0.3 is 19.2 Å². The molecule has 0 bridgehead atoms. The molecule has 0 aromatic carbocycles. The predicted molar refractivity (Wildman–Crippen MR) is 124 cm³/mol. The van der Waals surface area contributed by atoms with Gasteiger partial charge in [0.1, 0.15) is 6.61 Å². The number of carbonyl (C=O) groups is 2. The maximum absolute atomic E-state index is 13.0. The molecule has 166 valence electrons. The Labute approximate surface area is 185 Å². The van der Waals surface area contributed by atoms with Crippen LogP contribution in [0.15, 0.2) is 12.7 Å². The SMILES string of the molecule is C=CCOC(=O)[C@H](O)N1C(=O)[C@H]([C@@H](C)O[Si](C)(C)C(C)(C)C)[C@H]1[C@@H](C)C(=S)SC. The molecule has 1 heterocycles. The molecular formula is C20H35NO5S2Si. The first-order valence-corrected chi connectivity index (χ1v) is 14.3. The molecule has 0 aliphatic carbocycles. The number of ether oxygens (including phenoxy) is 1. The van der Waals surface area contributed by atoms with Gasteiger partial charge in [-0.2, -0.15) is 0 Å². The molecule has 1 saturated heterocycles. The van der Waals surface area contributed by atoms with Crippen molar-refractivity contribution in [3.63, 3.8) is 0 Å². The molecule has 0 aromatic heterocycles. The van der Waals surface area contributed by atoms with Gasteiger partial charge in [0.2, 0.25) is 12.1 Å². The smallest absolute Gasteiger partial charge is 0.356 e. The molecule has 1 rings (SSSR count). The number of esters is 1. The highest BCUT2D eigenvalue weighted by Crippen LogP contribution is 2.43. The summed E-state index contributed by atoms with van der Waals surface area (Å²) < 4.78 is 12.1. The molecule has 5 atom stereocenters. The van der Waals surface area contributed by atoms with Gasteiger partial charge in [0, 0.05) is 5.92 Å². The van der Waals surface area contributed by atoms with Crippen LogP contribution in [-0.2, 0) is 18.8 Å². The van der Waals surface area contributed by atoms with Gasteiger partial charge in [-0.25, -0.2) is 4.79 Å². The number of likely N-dealkylation sites (tertiary alicyclic amines) is 1. The molecule has 29 heavy (non-hydrogen) atoms. The summed E-state index contributed by atoms with van der Waals surface area (Å²) in [6, 6.07) is -0.437. The molecule has 0 aromatic rings. The first kappa shape index (κ1) is 26.3. The van der Waals surface area contributed by atoms with Crippen LogP contribution in [-0.4, -0.2) is 65.6 Å². The number of hydrogen-bond donors (Lipinski definition) is 1. The lowest BCUT2D eigenvalue weighted by Gasteiger charge is -2.54. The minimum absolute atomic E-state index is 0.00255. The first-order valence-electron chi connectivity index (χ1n) is 9.74. The van der Waals surface area contributed by atoms with Crippen molar-refractivity contribution in [1.29, 1.82) is 0 Å². The second kappa shape index (κ2) is 10.0. The van der Waals surface area contributed by atoms with Gasteiger partial charge in [-0.1, -0.05) is 52.6 Å². The normalized spacial score (nSPS) is 23.1. The van der Waals surface area contributed by atoms with Crippen LogP contribution in [0.5, 0.6) is 0 Å². The van der Waals surface area contributed by atoms with Gasteiger partial charge >= 0.3 is 5.97 Å². The number of amides is 1. The third-order valence-electron chi connectivity index (χ3n) is 5.92. The van der Waals surface area contributed by atoms with Crippen LogP contribution >= 0.6 is 24.0 Å². The van der Waals surface area contributed by atoms with E-state index in [0.29, 0.717) is 4.20 Å². The van der Waals surface area contributed by atoms with Crippen LogP contribution in [0.25, 0.3) is 0 Å². The standard InChI is InChI=1S/C20H35NO5S2Si/c1-10-11-25-18(24)17(23)21-15(12(2)19(27)28-7)14(16(21)22)13(3)26-29(8,9)20(4,5)6/h10,12-15,17,23H,1,11H2,2-9H3/t12-,13-,14-,15-,17+/m1/s1. The maximum Gasteiger partial charge on any atom is 0.356 e. The fourth-order valence-corrected chi connectivity index (χ4v) is 5.32. The molecule has 0 unspecified atom stereocenters. The molecule has 1 amide bonds.